The molecule has 0 aromatic carbocycles. The standard InChI is InChI=1S/C36H74.H4Si/c1-3-5-7-9-11-13-15-17-19-21-23-25-27-29-31-33-35-36-34-32-30-28-26-24-22-20-18-16-14-12-10-8-6-4-2;/h3-36H2,1-2H3;1H4. The summed E-state index contributed by atoms with van der Waals surface area (Å²) in [6.07, 6.45) is 50.4. The van der Waals surface area contributed by atoms with Crippen LogP contribution in [0.5, 0.6) is 0 Å². The van der Waals surface area contributed by atoms with Crippen LogP contribution in [0.4, 0.5) is 0 Å². The molecule has 0 spiro atoms. The van der Waals surface area contributed by atoms with E-state index in [2.05, 4.69) is 13.8 Å². The van der Waals surface area contributed by atoms with Gasteiger partial charge < -0.3 is 0 Å². The van der Waals surface area contributed by atoms with Gasteiger partial charge in [-0.25, -0.2) is 0 Å². The second-order valence-corrected chi connectivity index (χ2v) is 12.3. The van der Waals surface area contributed by atoms with Crippen LogP contribution in [-0.2, 0) is 0 Å². The minimum Gasteiger partial charge on any atom is -0.0654 e. The highest BCUT2D eigenvalue weighted by molar-refractivity contribution is 5.75. The predicted molar refractivity (Wildman–Crippen MR) is 180 cm³/mol. The van der Waals surface area contributed by atoms with Gasteiger partial charge >= 0.3 is 0 Å². The summed E-state index contributed by atoms with van der Waals surface area (Å²) in [6, 6.07) is 0. The monoisotopic (exact) mass is 539 g/mol. The topological polar surface area (TPSA) is 0 Å². The van der Waals surface area contributed by atoms with Crippen molar-refractivity contribution in [3.05, 3.63) is 0 Å². The average molecular weight is 539 g/mol. The minimum absolute atomic E-state index is 0. The van der Waals surface area contributed by atoms with Crippen LogP contribution < -0.4 is 0 Å². The Balaban J connectivity index is 0. The molecule has 0 aliphatic carbocycles. The van der Waals surface area contributed by atoms with Gasteiger partial charge in [-0.1, -0.05) is 232 Å². The zero-order chi connectivity index (χ0) is 26.0. The summed E-state index contributed by atoms with van der Waals surface area (Å²) in [7, 11) is 0. The first-order valence-corrected chi connectivity index (χ1v) is 17.9. The molecule has 1 heteroatoms. The quantitative estimate of drug-likeness (QED) is 0.0575. The van der Waals surface area contributed by atoms with Gasteiger partial charge in [0.25, 0.3) is 0 Å². The summed E-state index contributed by atoms with van der Waals surface area (Å²) in [5.74, 6) is 0. The van der Waals surface area contributed by atoms with Gasteiger partial charge in [-0.2, -0.15) is 0 Å². The highest BCUT2D eigenvalue weighted by Gasteiger charge is 1.97. The van der Waals surface area contributed by atoms with Crippen molar-refractivity contribution in [3.8, 4) is 0 Å². The van der Waals surface area contributed by atoms with Gasteiger partial charge in [0.15, 0.2) is 0 Å². The molecule has 226 valence electrons. The lowest BCUT2D eigenvalue weighted by Crippen LogP contribution is -1.85. The van der Waals surface area contributed by atoms with Crippen LogP contribution >= 0.6 is 0 Å². The van der Waals surface area contributed by atoms with E-state index < -0.39 is 0 Å². The zero-order valence-electron chi connectivity index (χ0n) is 26.0. The summed E-state index contributed by atoms with van der Waals surface area (Å²) in [5, 5.41) is 0. The number of hydrogen-bond acceptors (Lipinski definition) is 0. The third-order valence-corrected chi connectivity index (χ3v) is 8.46. The van der Waals surface area contributed by atoms with Crippen molar-refractivity contribution in [1.29, 1.82) is 0 Å². The highest BCUT2D eigenvalue weighted by Crippen LogP contribution is 2.17. The molecule has 0 saturated heterocycles. The van der Waals surface area contributed by atoms with Crippen molar-refractivity contribution in [2.75, 3.05) is 0 Å². The summed E-state index contributed by atoms with van der Waals surface area (Å²) in [4.78, 5) is 0. The molecule has 0 unspecified atom stereocenters. The first-order chi connectivity index (χ1) is 17.9. The van der Waals surface area contributed by atoms with E-state index in [1.54, 1.807) is 0 Å². The highest BCUT2D eigenvalue weighted by atomic mass is 28.1. The number of rotatable bonds is 33. The van der Waals surface area contributed by atoms with Gasteiger partial charge in [-0.05, 0) is 11.0 Å². The Morgan fingerprint density at radius 3 is 0.324 bits per heavy atom. The Hall–Kier alpha value is 0.217. The maximum absolute atomic E-state index is 2.31. The maximum Gasteiger partial charge on any atom is -0.0149 e. The molecule has 0 N–H and O–H groups in total. The zero-order valence-corrected chi connectivity index (χ0v) is 26.0. The molecule has 0 saturated carbocycles. The molecule has 0 aliphatic rings. The molecular weight excluding hydrogens is 460 g/mol. The fraction of sp³-hybridized carbons (Fsp3) is 1.00. The van der Waals surface area contributed by atoms with Crippen molar-refractivity contribution < 1.29 is 0 Å². The lowest BCUT2D eigenvalue weighted by atomic mass is 10.0. The SMILES string of the molecule is CCCCCCCCCCCCCCCCCCCCCCCCCCCCCCCCCCCC.[SiH4]. The fourth-order valence-electron chi connectivity index (χ4n) is 5.80. The average Bonchev–Trinajstić information content (AvgIpc) is 2.89. The minimum atomic E-state index is 0. The van der Waals surface area contributed by atoms with Crippen LogP contribution in [-0.4, -0.2) is 11.0 Å². The Bertz CT molecular complexity index is 319. The van der Waals surface area contributed by atoms with Crippen molar-refractivity contribution in [2.45, 2.75) is 232 Å². The molecule has 0 amide bonds. The van der Waals surface area contributed by atoms with Crippen LogP contribution in [0, 0.1) is 0 Å². The Kier molecular flexibility index (Phi) is 40.8. The van der Waals surface area contributed by atoms with Gasteiger partial charge in [-0.15, -0.1) is 0 Å². The number of unbranched alkanes of at least 4 members (excludes halogenated alkanes) is 33. The lowest BCUT2D eigenvalue weighted by Gasteiger charge is -2.05. The molecule has 0 aliphatic heterocycles. The van der Waals surface area contributed by atoms with Crippen molar-refractivity contribution >= 4 is 11.0 Å². The largest absolute Gasteiger partial charge is 0.0654 e. The summed E-state index contributed by atoms with van der Waals surface area (Å²) in [5.41, 5.74) is 0. The molecule has 0 rings (SSSR count). The van der Waals surface area contributed by atoms with E-state index in [9.17, 15) is 0 Å². The first kappa shape index (κ1) is 39.4. The lowest BCUT2D eigenvalue weighted by molar-refractivity contribution is 0.511. The summed E-state index contributed by atoms with van der Waals surface area (Å²) < 4.78 is 0. The summed E-state index contributed by atoms with van der Waals surface area (Å²) >= 11 is 0. The molecular formula is C36H78Si. The second-order valence-electron chi connectivity index (χ2n) is 12.3. The molecule has 0 aromatic rings. The molecule has 0 fully saturated rings. The van der Waals surface area contributed by atoms with Gasteiger partial charge in [0.1, 0.15) is 0 Å². The van der Waals surface area contributed by atoms with Gasteiger partial charge in [0.05, 0.1) is 0 Å². The normalized spacial score (nSPS) is 11.2. The van der Waals surface area contributed by atoms with Gasteiger partial charge in [0, 0.05) is 0 Å². The van der Waals surface area contributed by atoms with E-state index in [1.165, 1.54) is 218 Å². The molecule has 0 aromatic heterocycles. The fourth-order valence-corrected chi connectivity index (χ4v) is 5.80. The molecule has 0 radical (unpaired) electrons. The first-order valence-electron chi connectivity index (χ1n) is 17.9. The maximum atomic E-state index is 2.31. The van der Waals surface area contributed by atoms with Crippen LogP contribution in [0.25, 0.3) is 0 Å². The van der Waals surface area contributed by atoms with Gasteiger partial charge in [-0.3, -0.25) is 0 Å². The van der Waals surface area contributed by atoms with Crippen molar-refractivity contribution in [1.82, 2.24) is 0 Å². The Morgan fingerprint density at radius 1 is 0.162 bits per heavy atom. The van der Waals surface area contributed by atoms with E-state index in [0.29, 0.717) is 0 Å². The Morgan fingerprint density at radius 2 is 0.243 bits per heavy atom. The Labute approximate surface area is 242 Å². The second kappa shape index (κ2) is 38.4. The van der Waals surface area contributed by atoms with E-state index in [0.717, 1.165) is 0 Å². The van der Waals surface area contributed by atoms with E-state index in [-0.39, 0.29) is 11.0 Å². The molecule has 0 bridgehead atoms. The van der Waals surface area contributed by atoms with Crippen LogP contribution in [0.2, 0.25) is 0 Å². The van der Waals surface area contributed by atoms with Crippen molar-refractivity contribution in [2.24, 2.45) is 0 Å². The molecule has 37 heavy (non-hydrogen) atoms. The smallest absolute Gasteiger partial charge is 0.0149 e. The number of hydrogen-bond donors (Lipinski definition) is 0. The van der Waals surface area contributed by atoms with Crippen LogP contribution in [0.15, 0.2) is 0 Å². The van der Waals surface area contributed by atoms with Crippen LogP contribution in [0.1, 0.15) is 232 Å². The van der Waals surface area contributed by atoms with Crippen LogP contribution in [0.3, 0.4) is 0 Å². The predicted octanol–water partition coefficient (Wildman–Crippen LogP) is 12.8. The molecule has 0 heterocycles. The third-order valence-electron chi connectivity index (χ3n) is 8.46. The molecule has 0 atom stereocenters. The molecule has 0 nitrogen and oxygen atoms in total. The van der Waals surface area contributed by atoms with E-state index in [1.807, 2.05) is 0 Å². The van der Waals surface area contributed by atoms with E-state index >= 15 is 0 Å². The van der Waals surface area contributed by atoms with Gasteiger partial charge in [0.2, 0.25) is 0 Å². The van der Waals surface area contributed by atoms with Crippen molar-refractivity contribution in [3.63, 3.8) is 0 Å². The summed E-state index contributed by atoms with van der Waals surface area (Å²) in [6.45, 7) is 4.62. The van der Waals surface area contributed by atoms with E-state index in [4.69, 9.17) is 0 Å². The third kappa shape index (κ3) is 38.4.